The van der Waals surface area contributed by atoms with Gasteiger partial charge in [0.1, 0.15) is 11.6 Å². The molecule has 0 bridgehead atoms. The quantitative estimate of drug-likeness (QED) is 0.830. The lowest BCUT2D eigenvalue weighted by Gasteiger charge is -2.40. The summed E-state index contributed by atoms with van der Waals surface area (Å²) in [5.74, 6) is 2.77. The van der Waals surface area contributed by atoms with Gasteiger partial charge >= 0.3 is 0 Å². The molecule has 3 fully saturated rings. The minimum atomic E-state index is 0.382. The Morgan fingerprint density at radius 1 is 1.22 bits per heavy atom. The van der Waals surface area contributed by atoms with E-state index in [4.69, 9.17) is 9.47 Å². The highest BCUT2D eigenvalue weighted by Gasteiger charge is 2.39. The van der Waals surface area contributed by atoms with E-state index in [1.165, 1.54) is 32.1 Å². The molecule has 0 spiro atoms. The molecule has 0 unspecified atom stereocenters. The highest BCUT2D eigenvalue weighted by molar-refractivity contribution is 5.02. The third-order valence-corrected chi connectivity index (χ3v) is 5.77. The van der Waals surface area contributed by atoms with Gasteiger partial charge in [0.15, 0.2) is 0 Å². The van der Waals surface area contributed by atoms with E-state index < -0.39 is 0 Å². The average Bonchev–Trinajstić information content (AvgIpc) is 3.17. The van der Waals surface area contributed by atoms with Crippen LogP contribution in [-0.2, 0) is 16.0 Å². The summed E-state index contributed by atoms with van der Waals surface area (Å²) in [6.45, 7) is 5.58. The standard InChI is InChI=1S/C17H28N4O2/c1-12-18-19-17(21(12)13-6-7-13)10-20-8-9-23-11-15(20)14-4-3-5-16(14)22-2/h13-16H,3-11H2,1-2H3/t14-,15-,16+/m0/s1. The van der Waals surface area contributed by atoms with Crippen molar-refractivity contribution in [3.05, 3.63) is 11.6 Å². The van der Waals surface area contributed by atoms with Crippen LogP contribution in [0.5, 0.6) is 0 Å². The van der Waals surface area contributed by atoms with Crippen LogP contribution in [0, 0.1) is 12.8 Å². The van der Waals surface area contributed by atoms with Crippen LogP contribution in [0.15, 0.2) is 0 Å². The molecule has 3 atom stereocenters. The van der Waals surface area contributed by atoms with Crippen molar-refractivity contribution in [1.29, 1.82) is 0 Å². The van der Waals surface area contributed by atoms with E-state index in [0.29, 0.717) is 24.1 Å². The van der Waals surface area contributed by atoms with E-state index in [1.54, 1.807) is 0 Å². The third kappa shape index (κ3) is 3.04. The number of hydrogen-bond acceptors (Lipinski definition) is 5. The highest BCUT2D eigenvalue weighted by atomic mass is 16.5. The van der Waals surface area contributed by atoms with Crippen LogP contribution in [0.25, 0.3) is 0 Å². The fourth-order valence-corrected chi connectivity index (χ4v) is 4.45. The molecule has 6 nitrogen and oxygen atoms in total. The summed E-state index contributed by atoms with van der Waals surface area (Å²) in [5.41, 5.74) is 0. The van der Waals surface area contributed by atoms with Crippen molar-refractivity contribution in [2.45, 2.75) is 63.8 Å². The Morgan fingerprint density at radius 2 is 2.09 bits per heavy atom. The fourth-order valence-electron chi connectivity index (χ4n) is 4.45. The van der Waals surface area contributed by atoms with Crippen LogP contribution >= 0.6 is 0 Å². The molecule has 1 aromatic rings. The summed E-state index contributed by atoms with van der Waals surface area (Å²) in [4.78, 5) is 2.56. The monoisotopic (exact) mass is 320 g/mol. The molecular weight excluding hydrogens is 292 g/mol. The lowest BCUT2D eigenvalue weighted by molar-refractivity contribution is -0.0619. The second-order valence-electron chi connectivity index (χ2n) is 7.25. The Balaban J connectivity index is 1.52. The summed E-state index contributed by atoms with van der Waals surface area (Å²) >= 11 is 0. The molecule has 3 aliphatic rings. The predicted octanol–water partition coefficient (Wildman–Crippen LogP) is 1.94. The maximum atomic E-state index is 5.81. The lowest BCUT2D eigenvalue weighted by Crippen LogP contribution is -2.51. The van der Waals surface area contributed by atoms with Crippen molar-refractivity contribution < 1.29 is 9.47 Å². The van der Waals surface area contributed by atoms with Gasteiger partial charge in [-0.05, 0) is 32.6 Å². The Morgan fingerprint density at radius 3 is 2.87 bits per heavy atom. The first-order valence-electron chi connectivity index (χ1n) is 9.03. The molecule has 4 rings (SSSR count). The minimum Gasteiger partial charge on any atom is -0.381 e. The average molecular weight is 320 g/mol. The first-order valence-corrected chi connectivity index (χ1v) is 9.03. The van der Waals surface area contributed by atoms with Gasteiger partial charge in [-0.3, -0.25) is 4.90 Å². The van der Waals surface area contributed by atoms with Gasteiger partial charge in [0.05, 0.1) is 25.9 Å². The van der Waals surface area contributed by atoms with Gasteiger partial charge in [-0.25, -0.2) is 0 Å². The molecule has 23 heavy (non-hydrogen) atoms. The zero-order chi connectivity index (χ0) is 15.8. The van der Waals surface area contributed by atoms with Crippen molar-refractivity contribution in [1.82, 2.24) is 19.7 Å². The maximum Gasteiger partial charge on any atom is 0.147 e. The molecular formula is C17H28N4O2. The van der Waals surface area contributed by atoms with Gasteiger partial charge < -0.3 is 14.0 Å². The van der Waals surface area contributed by atoms with Crippen LogP contribution < -0.4 is 0 Å². The van der Waals surface area contributed by atoms with Gasteiger partial charge in [-0.2, -0.15) is 0 Å². The van der Waals surface area contributed by atoms with Gasteiger partial charge in [0.25, 0.3) is 0 Å². The third-order valence-electron chi connectivity index (χ3n) is 5.77. The number of aryl methyl sites for hydroxylation is 1. The van der Waals surface area contributed by atoms with Crippen LogP contribution in [-0.4, -0.2) is 58.7 Å². The van der Waals surface area contributed by atoms with Crippen molar-refractivity contribution in [3.63, 3.8) is 0 Å². The van der Waals surface area contributed by atoms with E-state index in [9.17, 15) is 0 Å². The Hall–Kier alpha value is -0.980. The van der Waals surface area contributed by atoms with Crippen LogP contribution in [0.3, 0.4) is 0 Å². The molecule has 0 N–H and O–H groups in total. The smallest absolute Gasteiger partial charge is 0.147 e. The minimum absolute atomic E-state index is 0.382. The Kier molecular flexibility index (Phi) is 4.39. The van der Waals surface area contributed by atoms with E-state index in [1.807, 2.05) is 7.11 Å². The van der Waals surface area contributed by atoms with Crippen molar-refractivity contribution >= 4 is 0 Å². The van der Waals surface area contributed by atoms with Gasteiger partial charge in [-0.15, -0.1) is 10.2 Å². The molecule has 0 radical (unpaired) electrons. The topological polar surface area (TPSA) is 52.4 Å². The first-order chi connectivity index (χ1) is 11.3. The van der Waals surface area contributed by atoms with E-state index in [-0.39, 0.29) is 0 Å². The number of hydrogen-bond donors (Lipinski definition) is 0. The number of nitrogens with zero attached hydrogens (tertiary/aromatic N) is 4. The van der Waals surface area contributed by atoms with Crippen molar-refractivity contribution in [2.75, 3.05) is 26.9 Å². The van der Waals surface area contributed by atoms with E-state index in [2.05, 4.69) is 26.6 Å². The normalized spacial score (nSPS) is 32.5. The molecule has 1 aromatic heterocycles. The molecule has 128 valence electrons. The summed E-state index contributed by atoms with van der Waals surface area (Å²) in [6, 6.07) is 1.08. The molecule has 2 heterocycles. The van der Waals surface area contributed by atoms with Crippen LogP contribution in [0.1, 0.15) is 49.8 Å². The van der Waals surface area contributed by atoms with Gasteiger partial charge in [-0.1, -0.05) is 6.42 Å². The SMILES string of the molecule is CO[C@@H]1CCC[C@H]1[C@@H]1COCCN1Cc1nnc(C)n1C1CC1. The van der Waals surface area contributed by atoms with Crippen LogP contribution in [0.2, 0.25) is 0 Å². The number of aromatic nitrogens is 3. The number of rotatable bonds is 5. The first kappa shape index (κ1) is 15.5. The Labute approximate surface area is 138 Å². The van der Waals surface area contributed by atoms with Crippen molar-refractivity contribution in [3.8, 4) is 0 Å². The lowest BCUT2D eigenvalue weighted by atomic mass is 9.94. The van der Waals surface area contributed by atoms with Gasteiger partial charge in [0, 0.05) is 31.7 Å². The fraction of sp³-hybridized carbons (Fsp3) is 0.882. The zero-order valence-corrected chi connectivity index (χ0v) is 14.3. The predicted molar refractivity (Wildman–Crippen MR) is 86.2 cm³/mol. The molecule has 1 saturated heterocycles. The summed E-state index contributed by atoms with van der Waals surface area (Å²) < 4.78 is 13.9. The zero-order valence-electron chi connectivity index (χ0n) is 14.3. The van der Waals surface area contributed by atoms with Gasteiger partial charge in [0.2, 0.25) is 0 Å². The molecule has 2 aliphatic carbocycles. The summed E-state index contributed by atoms with van der Waals surface area (Å²) in [5, 5.41) is 8.80. The largest absolute Gasteiger partial charge is 0.381 e. The molecule has 0 amide bonds. The number of methoxy groups -OCH3 is 1. The number of ether oxygens (including phenoxy) is 2. The summed E-state index contributed by atoms with van der Waals surface area (Å²) in [7, 11) is 1.85. The van der Waals surface area contributed by atoms with Crippen molar-refractivity contribution in [2.24, 2.45) is 5.92 Å². The maximum absolute atomic E-state index is 5.81. The number of morpholine rings is 1. The molecule has 6 heteroatoms. The Bertz CT molecular complexity index is 543. The summed E-state index contributed by atoms with van der Waals surface area (Å²) in [6.07, 6.45) is 6.62. The van der Waals surface area contributed by atoms with Crippen LogP contribution in [0.4, 0.5) is 0 Å². The molecule has 2 saturated carbocycles. The molecule has 0 aromatic carbocycles. The molecule has 1 aliphatic heterocycles. The second kappa shape index (κ2) is 6.49. The second-order valence-corrected chi connectivity index (χ2v) is 7.25. The highest BCUT2D eigenvalue weighted by Crippen LogP contribution is 2.38. The van der Waals surface area contributed by atoms with E-state index in [0.717, 1.165) is 38.0 Å². The van der Waals surface area contributed by atoms with E-state index >= 15 is 0 Å².